The van der Waals surface area contributed by atoms with Crippen LogP contribution in [0.1, 0.15) is 22.9 Å². The monoisotopic (exact) mass is 308 g/mol. The zero-order chi connectivity index (χ0) is 15.8. The molecule has 0 amide bonds. The number of methoxy groups -OCH3 is 2. The molecule has 0 unspecified atom stereocenters. The molecule has 0 saturated heterocycles. The highest BCUT2D eigenvalue weighted by molar-refractivity contribution is 5.86. The van der Waals surface area contributed by atoms with Crippen molar-refractivity contribution < 1.29 is 9.47 Å². The summed E-state index contributed by atoms with van der Waals surface area (Å²) in [5.74, 6) is 1.78. The Labute approximate surface area is 135 Å². The highest BCUT2D eigenvalue weighted by atomic mass is 16.5. The molecule has 2 N–H and O–H groups in total. The Kier molecular flexibility index (Phi) is 3.46. The van der Waals surface area contributed by atoms with Gasteiger partial charge in [0.1, 0.15) is 11.5 Å². The van der Waals surface area contributed by atoms with E-state index >= 15 is 0 Å². The fourth-order valence-electron chi connectivity index (χ4n) is 3.44. The van der Waals surface area contributed by atoms with Crippen molar-refractivity contribution in [1.82, 2.24) is 10.3 Å². The number of H-pyrrole nitrogens is 1. The zero-order valence-corrected chi connectivity index (χ0v) is 13.3. The number of fused-ring (bicyclic) bond motifs is 3. The van der Waals surface area contributed by atoms with Crippen molar-refractivity contribution >= 4 is 10.9 Å². The molecule has 0 fully saturated rings. The molecule has 0 radical (unpaired) electrons. The summed E-state index contributed by atoms with van der Waals surface area (Å²) in [4.78, 5) is 3.59. The molecule has 4 rings (SSSR count). The molecule has 4 nitrogen and oxygen atoms in total. The average Bonchev–Trinajstić information content (AvgIpc) is 2.99. The minimum Gasteiger partial charge on any atom is -0.497 e. The Morgan fingerprint density at radius 2 is 1.83 bits per heavy atom. The van der Waals surface area contributed by atoms with Crippen LogP contribution in [0.5, 0.6) is 11.5 Å². The van der Waals surface area contributed by atoms with E-state index in [9.17, 15) is 0 Å². The summed E-state index contributed by atoms with van der Waals surface area (Å²) < 4.78 is 10.7. The maximum Gasteiger partial charge on any atom is 0.119 e. The Hall–Kier alpha value is -2.46. The number of hydrogen-bond donors (Lipinski definition) is 2. The quantitative estimate of drug-likeness (QED) is 0.779. The van der Waals surface area contributed by atoms with Gasteiger partial charge in [-0.3, -0.25) is 0 Å². The van der Waals surface area contributed by atoms with Gasteiger partial charge in [-0.25, -0.2) is 0 Å². The van der Waals surface area contributed by atoms with Crippen molar-refractivity contribution in [2.45, 2.75) is 12.5 Å². The molecular formula is C19H20N2O2. The van der Waals surface area contributed by atoms with Crippen LogP contribution in [0.3, 0.4) is 0 Å². The summed E-state index contributed by atoms with van der Waals surface area (Å²) in [7, 11) is 3.41. The first-order valence-corrected chi connectivity index (χ1v) is 7.86. The molecule has 1 aromatic heterocycles. The number of aromatic nitrogens is 1. The van der Waals surface area contributed by atoms with Crippen LogP contribution in [0.25, 0.3) is 10.9 Å². The third-order valence-corrected chi connectivity index (χ3v) is 4.59. The van der Waals surface area contributed by atoms with Gasteiger partial charge < -0.3 is 19.8 Å². The number of nitrogens with one attached hydrogen (secondary N) is 2. The minimum atomic E-state index is 0.159. The molecule has 23 heavy (non-hydrogen) atoms. The van der Waals surface area contributed by atoms with Crippen molar-refractivity contribution in [3.63, 3.8) is 0 Å². The maximum atomic E-state index is 5.38. The predicted octanol–water partition coefficient (Wildman–Crippen LogP) is 3.42. The van der Waals surface area contributed by atoms with Crippen LogP contribution in [-0.4, -0.2) is 25.7 Å². The van der Waals surface area contributed by atoms with Gasteiger partial charge in [0.25, 0.3) is 0 Å². The number of ether oxygens (including phenoxy) is 2. The smallest absolute Gasteiger partial charge is 0.119 e. The second-order valence-electron chi connectivity index (χ2n) is 5.84. The van der Waals surface area contributed by atoms with Crippen molar-refractivity contribution in [3.05, 3.63) is 59.3 Å². The Balaban J connectivity index is 1.84. The first-order chi connectivity index (χ1) is 11.3. The Bertz CT molecular complexity index is 854. The maximum absolute atomic E-state index is 5.38. The van der Waals surface area contributed by atoms with Crippen molar-refractivity contribution in [2.24, 2.45) is 0 Å². The summed E-state index contributed by atoms with van der Waals surface area (Å²) in [6.07, 6.45) is 1.02. The van der Waals surface area contributed by atoms with E-state index in [2.05, 4.69) is 34.6 Å². The lowest BCUT2D eigenvalue weighted by Crippen LogP contribution is -2.30. The van der Waals surface area contributed by atoms with E-state index in [0.29, 0.717) is 0 Å². The second-order valence-corrected chi connectivity index (χ2v) is 5.84. The van der Waals surface area contributed by atoms with Crippen LogP contribution in [0.4, 0.5) is 0 Å². The topological polar surface area (TPSA) is 46.3 Å². The third kappa shape index (κ3) is 2.35. The largest absolute Gasteiger partial charge is 0.497 e. The van der Waals surface area contributed by atoms with Gasteiger partial charge in [0.2, 0.25) is 0 Å². The van der Waals surface area contributed by atoms with Gasteiger partial charge >= 0.3 is 0 Å². The SMILES string of the molecule is COc1cccc([C@@H]2NCCc3c2[nH]c2ccc(OC)cc32)c1. The lowest BCUT2D eigenvalue weighted by molar-refractivity contribution is 0.413. The van der Waals surface area contributed by atoms with E-state index in [0.717, 1.165) is 30.0 Å². The highest BCUT2D eigenvalue weighted by Crippen LogP contribution is 2.35. The summed E-state index contributed by atoms with van der Waals surface area (Å²) in [5, 5.41) is 4.87. The molecule has 118 valence electrons. The summed E-state index contributed by atoms with van der Waals surface area (Å²) >= 11 is 0. The molecular weight excluding hydrogens is 288 g/mol. The number of benzene rings is 2. The van der Waals surface area contributed by atoms with E-state index in [1.807, 2.05) is 18.2 Å². The van der Waals surface area contributed by atoms with E-state index in [-0.39, 0.29) is 6.04 Å². The number of aromatic amines is 1. The van der Waals surface area contributed by atoms with E-state index < -0.39 is 0 Å². The van der Waals surface area contributed by atoms with Crippen LogP contribution >= 0.6 is 0 Å². The van der Waals surface area contributed by atoms with E-state index in [1.165, 1.54) is 22.2 Å². The molecule has 0 saturated carbocycles. The van der Waals surface area contributed by atoms with Gasteiger partial charge in [0.15, 0.2) is 0 Å². The summed E-state index contributed by atoms with van der Waals surface area (Å²) in [6.45, 7) is 0.957. The van der Waals surface area contributed by atoms with Gasteiger partial charge in [-0.15, -0.1) is 0 Å². The molecule has 1 aliphatic rings. The molecule has 2 aromatic carbocycles. The molecule has 0 spiro atoms. The average molecular weight is 308 g/mol. The van der Waals surface area contributed by atoms with Crippen LogP contribution in [-0.2, 0) is 6.42 Å². The second kappa shape index (κ2) is 5.63. The van der Waals surface area contributed by atoms with Crippen LogP contribution in [0.2, 0.25) is 0 Å². The highest BCUT2D eigenvalue weighted by Gasteiger charge is 2.25. The van der Waals surface area contributed by atoms with Gasteiger partial charge in [0.05, 0.1) is 20.3 Å². The van der Waals surface area contributed by atoms with Crippen LogP contribution in [0.15, 0.2) is 42.5 Å². The van der Waals surface area contributed by atoms with Gasteiger partial charge in [-0.2, -0.15) is 0 Å². The fourth-order valence-corrected chi connectivity index (χ4v) is 3.44. The first-order valence-electron chi connectivity index (χ1n) is 7.86. The molecule has 4 heteroatoms. The normalized spacial score (nSPS) is 17.0. The van der Waals surface area contributed by atoms with Crippen molar-refractivity contribution in [3.8, 4) is 11.5 Å². The summed E-state index contributed by atoms with van der Waals surface area (Å²) in [6, 6.07) is 14.6. The van der Waals surface area contributed by atoms with Crippen LogP contribution < -0.4 is 14.8 Å². The molecule has 1 aliphatic heterocycles. The molecule has 0 aliphatic carbocycles. The third-order valence-electron chi connectivity index (χ3n) is 4.59. The predicted molar refractivity (Wildman–Crippen MR) is 91.4 cm³/mol. The van der Waals surface area contributed by atoms with Gasteiger partial charge in [-0.05, 0) is 47.9 Å². The molecule has 2 heterocycles. The standard InChI is InChI=1S/C19H20N2O2/c1-22-13-5-3-4-12(10-13)18-19-15(8-9-20-18)16-11-14(23-2)6-7-17(16)21-19/h3-7,10-11,18,20-21H,8-9H2,1-2H3/t18-/m0/s1. The Morgan fingerprint density at radius 1 is 1.00 bits per heavy atom. The first kappa shape index (κ1) is 14.2. The Morgan fingerprint density at radius 3 is 2.65 bits per heavy atom. The van der Waals surface area contributed by atoms with Crippen molar-refractivity contribution in [2.75, 3.05) is 20.8 Å². The number of rotatable bonds is 3. The molecule has 3 aromatic rings. The van der Waals surface area contributed by atoms with Gasteiger partial charge in [0, 0.05) is 23.1 Å². The molecule has 1 atom stereocenters. The lowest BCUT2D eigenvalue weighted by atomic mass is 9.94. The van der Waals surface area contributed by atoms with Crippen molar-refractivity contribution in [1.29, 1.82) is 0 Å². The minimum absolute atomic E-state index is 0.159. The fraction of sp³-hybridized carbons (Fsp3) is 0.263. The zero-order valence-electron chi connectivity index (χ0n) is 13.3. The molecule has 0 bridgehead atoms. The van der Waals surface area contributed by atoms with E-state index in [4.69, 9.17) is 9.47 Å². The number of hydrogen-bond acceptors (Lipinski definition) is 3. The lowest BCUT2D eigenvalue weighted by Gasteiger charge is -2.25. The van der Waals surface area contributed by atoms with E-state index in [1.54, 1.807) is 14.2 Å². The summed E-state index contributed by atoms with van der Waals surface area (Å²) in [5.41, 5.74) is 4.99. The van der Waals surface area contributed by atoms with Gasteiger partial charge in [-0.1, -0.05) is 12.1 Å². The van der Waals surface area contributed by atoms with Crippen LogP contribution in [0, 0.1) is 0 Å².